The summed E-state index contributed by atoms with van der Waals surface area (Å²) in [4.78, 5) is 26.9. The maximum Gasteiger partial charge on any atom is 0.511 e. The quantitative estimate of drug-likeness (QED) is 0.197. The van der Waals surface area contributed by atoms with Crippen LogP contribution in [0.15, 0.2) is 83.0 Å². The summed E-state index contributed by atoms with van der Waals surface area (Å²) in [5.41, 5.74) is 3.71. The van der Waals surface area contributed by atoms with Gasteiger partial charge in [0, 0.05) is 16.5 Å². The zero-order valence-corrected chi connectivity index (χ0v) is 19.3. The average Bonchev–Trinajstić information content (AvgIpc) is 3.28. The Bertz CT molecular complexity index is 1600. The first-order valence-electron chi connectivity index (χ1n) is 10.6. The molecular formula is C27H19NO6S. The smallest absolute Gasteiger partial charge is 0.506 e. The van der Waals surface area contributed by atoms with E-state index < -0.39 is 6.16 Å². The predicted octanol–water partition coefficient (Wildman–Crippen LogP) is 6.36. The number of aromatic hydroxyl groups is 1. The third-order valence-electron chi connectivity index (χ3n) is 5.66. The van der Waals surface area contributed by atoms with E-state index in [0.29, 0.717) is 21.5 Å². The summed E-state index contributed by atoms with van der Waals surface area (Å²) in [5, 5.41) is 22.4. The molecule has 0 saturated carbocycles. The van der Waals surface area contributed by atoms with Gasteiger partial charge >= 0.3 is 6.16 Å². The lowest BCUT2D eigenvalue weighted by Crippen LogP contribution is -2.08. The van der Waals surface area contributed by atoms with E-state index in [1.165, 1.54) is 11.3 Å². The summed E-state index contributed by atoms with van der Waals surface area (Å²) in [6, 6.07) is 21.4. The van der Waals surface area contributed by atoms with E-state index in [2.05, 4.69) is 9.72 Å². The van der Waals surface area contributed by atoms with Crippen molar-refractivity contribution in [1.82, 2.24) is 4.98 Å². The number of fused-ring (bicyclic) bond motifs is 1. The van der Waals surface area contributed by atoms with Crippen LogP contribution >= 0.6 is 11.3 Å². The SMILES string of the molecule is COc1cc(-c2csc3[nH]c(=O)c(-c4ccccc4)c(O)c23)ccc1-c1ccc(OC(=O)O)cc1. The van der Waals surface area contributed by atoms with Crippen LogP contribution in [0, 0.1) is 0 Å². The van der Waals surface area contributed by atoms with Gasteiger partial charge in [-0.3, -0.25) is 4.79 Å². The molecule has 174 valence electrons. The number of hydrogen-bond donors (Lipinski definition) is 3. The van der Waals surface area contributed by atoms with Crippen molar-refractivity contribution in [2.45, 2.75) is 0 Å². The van der Waals surface area contributed by atoms with Crippen molar-refractivity contribution in [1.29, 1.82) is 0 Å². The molecule has 0 saturated heterocycles. The van der Waals surface area contributed by atoms with Crippen LogP contribution in [0.4, 0.5) is 4.79 Å². The van der Waals surface area contributed by atoms with Gasteiger partial charge in [-0.2, -0.15) is 0 Å². The minimum Gasteiger partial charge on any atom is -0.506 e. The van der Waals surface area contributed by atoms with Crippen molar-refractivity contribution in [2.75, 3.05) is 7.11 Å². The third-order valence-corrected chi connectivity index (χ3v) is 6.56. The fourth-order valence-corrected chi connectivity index (χ4v) is 5.03. The average molecular weight is 486 g/mol. The van der Waals surface area contributed by atoms with Gasteiger partial charge in [0.15, 0.2) is 0 Å². The molecule has 0 aliphatic carbocycles. The van der Waals surface area contributed by atoms with Crippen LogP contribution in [0.25, 0.3) is 43.6 Å². The largest absolute Gasteiger partial charge is 0.511 e. The van der Waals surface area contributed by atoms with E-state index in [4.69, 9.17) is 9.84 Å². The number of methoxy groups -OCH3 is 1. The number of carbonyl (C=O) groups is 1. The Morgan fingerprint density at radius 1 is 0.914 bits per heavy atom. The maximum absolute atomic E-state index is 12.7. The fourth-order valence-electron chi connectivity index (χ4n) is 4.07. The number of benzene rings is 3. The Morgan fingerprint density at radius 2 is 1.63 bits per heavy atom. The van der Waals surface area contributed by atoms with E-state index >= 15 is 0 Å². The fraction of sp³-hybridized carbons (Fsp3) is 0.0370. The van der Waals surface area contributed by atoms with Crippen molar-refractivity contribution in [2.24, 2.45) is 0 Å². The highest BCUT2D eigenvalue weighted by atomic mass is 32.1. The lowest BCUT2D eigenvalue weighted by Gasteiger charge is -2.12. The Kier molecular flexibility index (Phi) is 5.72. The zero-order chi connectivity index (χ0) is 24.5. The highest BCUT2D eigenvalue weighted by molar-refractivity contribution is 7.17. The number of aromatic nitrogens is 1. The molecule has 0 fully saturated rings. The van der Waals surface area contributed by atoms with Crippen molar-refractivity contribution in [3.8, 4) is 50.6 Å². The molecule has 0 radical (unpaired) electrons. The first-order valence-corrected chi connectivity index (χ1v) is 11.5. The Labute approximate surface area is 203 Å². The molecule has 3 N–H and O–H groups in total. The summed E-state index contributed by atoms with van der Waals surface area (Å²) in [6.45, 7) is 0. The summed E-state index contributed by atoms with van der Waals surface area (Å²) >= 11 is 1.34. The van der Waals surface area contributed by atoms with Crippen molar-refractivity contribution >= 4 is 27.7 Å². The first-order chi connectivity index (χ1) is 17.0. The summed E-state index contributed by atoms with van der Waals surface area (Å²) in [5.74, 6) is 0.754. The van der Waals surface area contributed by atoms with Crippen LogP contribution in [-0.2, 0) is 0 Å². The molecule has 2 aromatic heterocycles. The summed E-state index contributed by atoms with van der Waals surface area (Å²) < 4.78 is 10.3. The highest BCUT2D eigenvalue weighted by Crippen LogP contribution is 2.43. The Hall–Kier alpha value is -4.56. The molecule has 0 unspecified atom stereocenters. The second kappa shape index (κ2) is 9.00. The molecule has 0 aliphatic rings. The molecular weight excluding hydrogens is 466 g/mol. The van der Waals surface area contributed by atoms with Crippen LogP contribution in [-0.4, -0.2) is 28.5 Å². The number of hydrogen-bond acceptors (Lipinski definition) is 6. The van der Waals surface area contributed by atoms with Gasteiger partial charge < -0.3 is 24.7 Å². The molecule has 5 aromatic rings. The second-order valence-corrected chi connectivity index (χ2v) is 8.58. The molecule has 5 rings (SSSR count). The lowest BCUT2D eigenvalue weighted by atomic mass is 9.97. The number of H-pyrrole nitrogens is 1. The highest BCUT2D eigenvalue weighted by Gasteiger charge is 2.19. The van der Waals surface area contributed by atoms with Gasteiger partial charge in [-0.15, -0.1) is 11.3 Å². The van der Waals surface area contributed by atoms with Gasteiger partial charge in [0.1, 0.15) is 22.1 Å². The Morgan fingerprint density at radius 3 is 2.31 bits per heavy atom. The molecule has 2 heterocycles. The number of carboxylic acid groups (broad SMARTS) is 1. The number of thiophene rings is 1. The number of pyridine rings is 1. The van der Waals surface area contributed by atoms with Crippen molar-refractivity contribution in [3.05, 3.63) is 88.5 Å². The van der Waals surface area contributed by atoms with Crippen LogP contribution in [0.1, 0.15) is 0 Å². The van der Waals surface area contributed by atoms with Crippen LogP contribution in [0.3, 0.4) is 0 Å². The third kappa shape index (κ3) is 4.11. The van der Waals surface area contributed by atoms with E-state index in [1.807, 2.05) is 41.8 Å². The van der Waals surface area contributed by atoms with Gasteiger partial charge in [0.05, 0.1) is 18.1 Å². The second-order valence-electron chi connectivity index (χ2n) is 7.70. The minimum absolute atomic E-state index is 0.0664. The maximum atomic E-state index is 12.7. The number of rotatable bonds is 5. The molecule has 0 atom stereocenters. The number of nitrogens with one attached hydrogen (secondary N) is 1. The monoisotopic (exact) mass is 485 g/mol. The van der Waals surface area contributed by atoms with E-state index in [-0.39, 0.29) is 22.6 Å². The van der Waals surface area contributed by atoms with Gasteiger partial charge in [0.25, 0.3) is 5.56 Å². The van der Waals surface area contributed by atoms with Crippen molar-refractivity contribution in [3.63, 3.8) is 0 Å². The molecule has 35 heavy (non-hydrogen) atoms. The molecule has 7 nitrogen and oxygen atoms in total. The Balaban J connectivity index is 1.60. The van der Waals surface area contributed by atoms with Crippen molar-refractivity contribution < 1.29 is 24.5 Å². The summed E-state index contributed by atoms with van der Waals surface area (Å²) in [7, 11) is 1.57. The molecule has 3 aromatic carbocycles. The van der Waals surface area contributed by atoms with Crippen LogP contribution < -0.4 is 15.0 Å². The number of ether oxygens (including phenoxy) is 2. The predicted molar refractivity (Wildman–Crippen MR) is 136 cm³/mol. The van der Waals surface area contributed by atoms with Crippen LogP contribution in [0.5, 0.6) is 17.2 Å². The summed E-state index contributed by atoms with van der Waals surface area (Å²) in [6.07, 6.45) is -1.37. The first kappa shape index (κ1) is 22.2. The van der Waals surface area contributed by atoms with E-state index in [0.717, 1.165) is 22.3 Å². The molecule has 0 bridgehead atoms. The van der Waals surface area contributed by atoms with Crippen LogP contribution in [0.2, 0.25) is 0 Å². The topological polar surface area (TPSA) is 109 Å². The number of aromatic amines is 1. The minimum atomic E-state index is -1.37. The zero-order valence-electron chi connectivity index (χ0n) is 18.4. The molecule has 0 aliphatic heterocycles. The normalized spacial score (nSPS) is 10.9. The van der Waals surface area contributed by atoms with E-state index in [9.17, 15) is 14.7 Å². The van der Waals surface area contributed by atoms with Gasteiger partial charge in [-0.1, -0.05) is 54.6 Å². The van der Waals surface area contributed by atoms with Gasteiger partial charge in [-0.25, -0.2) is 4.79 Å². The molecule has 0 amide bonds. The molecule has 0 spiro atoms. The van der Waals surface area contributed by atoms with Gasteiger partial charge in [-0.05, 0) is 34.9 Å². The standard InChI is InChI=1S/C27H19NO6S/c1-33-21-13-17(9-12-19(21)15-7-10-18(11-8-15)34-27(31)32)20-14-35-26-23(20)24(29)22(25(30)28-26)16-5-3-2-4-6-16/h2-14H,1H3,(H,31,32)(H2,28,29,30). The lowest BCUT2D eigenvalue weighted by molar-refractivity contribution is 0.144. The van der Waals surface area contributed by atoms with Gasteiger partial charge in [0.2, 0.25) is 0 Å². The molecule has 8 heteroatoms. The van der Waals surface area contributed by atoms with E-state index in [1.54, 1.807) is 43.5 Å².